The van der Waals surface area contributed by atoms with Gasteiger partial charge in [0, 0.05) is 19.7 Å². The minimum absolute atomic E-state index is 0.137. The van der Waals surface area contributed by atoms with Gasteiger partial charge in [-0.3, -0.25) is 9.69 Å². The highest BCUT2D eigenvalue weighted by atomic mass is 16.5. The van der Waals surface area contributed by atoms with E-state index in [2.05, 4.69) is 10.5 Å². The predicted molar refractivity (Wildman–Crippen MR) is 52.4 cm³/mol. The second kappa shape index (κ2) is 4.59. The van der Waals surface area contributed by atoms with E-state index in [-0.39, 0.29) is 12.2 Å². The molecule has 1 aromatic heterocycles. The molecule has 3 amide bonds. The van der Waals surface area contributed by atoms with Crippen LogP contribution in [0, 0.1) is 6.92 Å². The summed E-state index contributed by atoms with van der Waals surface area (Å²) in [7, 11) is 1.46. The van der Waals surface area contributed by atoms with Crippen molar-refractivity contribution < 1.29 is 14.1 Å². The van der Waals surface area contributed by atoms with E-state index in [9.17, 15) is 9.59 Å². The fourth-order valence-corrected chi connectivity index (χ4v) is 1.12. The smallest absolute Gasteiger partial charge is 0.324 e. The minimum Gasteiger partial charge on any atom is -0.361 e. The topological polar surface area (TPSA) is 75.4 Å². The largest absolute Gasteiger partial charge is 0.361 e. The molecule has 0 atom stereocenters. The van der Waals surface area contributed by atoms with Crippen LogP contribution >= 0.6 is 0 Å². The van der Waals surface area contributed by atoms with Gasteiger partial charge in [0.15, 0.2) is 5.69 Å². The Labute approximate surface area is 87.2 Å². The third-order valence-corrected chi connectivity index (χ3v) is 1.87. The normalized spacial score (nSPS) is 9.80. The Morgan fingerprint density at radius 1 is 1.60 bits per heavy atom. The summed E-state index contributed by atoms with van der Waals surface area (Å²) in [4.78, 5) is 24.1. The fourth-order valence-electron chi connectivity index (χ4n) is 1.12. The summed E-state index contributed by atoms with van der Waals surface area (Å²) < 4.78 is 4.76. The Balaban J connectivity index is 2.87. The fraction of sp³-hybridized carbons (Fsp3) is 0.444. The van der Waals surface area contributed by atoms with E-state index in [1.807, 2.05) is 0 Å². The highest BCUT2D eigenvalue weighted by molar-refractivity contribution is 6.02. The first kappa shape index (κ1) is 11.2. The molecule has 1 rings (SSSR count). The van der Waals surface area contributed by atoms with Gasteiger partial charge in [-0.2, -0.15) is 0 Å². The molecule has 0 saturated carbocycles. The number of amides is 3. The van der Waals surface area contributed by atoms with Crippen LogP contribution in [-0.4, -0.2) is 35.6 Å². The number of carbonyl (C=O) groups is 2. The number of imide groups is 1. The number of aromatic nitrogens is 1. The van der Waals surface area contributed by atoms with Gasteiger partial charge in [-0.25, -0.2) is 4.79 Å². The van der Waals surface area contributed by atoms with Gasteiger partial charge >= 0.3 is 6.03 Å². The molecule has 0 aliphatic carbocycles. The Kier molecular flexibility index (Phi) is 3.43. The molecule has 6 nitrogen and oxygen atoms in total. The van der Waals surface area contributed by atoms with Gasteiger partial charge in [-0.1, -0.05) is 5.16 Å². The monoisotopic (exact) mass is 211 g/mol. The van der Waals surface area contributed by atoms with Crippen molar-refractivity contribution in [1.82, 2.24) is 15.4 Å². The van der Waals surface area contributed by atoms with Crippen molar-refractivity contribution in [1.29, 1.82) is 0 Å². The van der Waals surface area contributed by atoms with E-state index in [0.29, 0.717) is 5.76 Å². The average molecular weight is 211 g/mol. The molecule has 0 aliphatic heterocycles. The Morgan fingerprint density at radius 2 is 2.27 bits per heavy atom. The summed E-state index contributed by atoms with van der Waals surface area (Å²) in [5, 5.41) is 5.94. The van der Waals surface area contributed by atoms with Gasteiger partial charge in [0.25, 0.3) is 5.91 Å². The molecule has 82 valence electrons. The standard InChI is InChI=1S/C9H13N3O3/c1-4-12(9(14)10-3)8(13)7-5-6(2)15-11-7/h5H,4H2,1-3H3,(H,10,14). The quantitative estimate of drug-likeness (QED) is 0.784. The zero-order valence-corrected chi connectivity index (χ0v) is 8.90. The van der Waals surface area contributed by atoms with Gasteiger partial charge in [0.05, 0.1) is 0 Å². The lowest BCUT2D eigenvalue weighted by Crippen LogP contribution is -2.42. The summed E-state index contributed by atoms with van der Waals surface area (Å²) in [6, 6.07) is 1.04. The Hall–Kier alpha value is -1.85. The molecule has 0 aromatic carbocycles. The molecular formula is C9H13N3O3. The van der Waals surface area contributed by atoms with Crippen LogP contribution in [0.1, 0.15) is 23.2 Å². The van der Waals surface area contributed by atoms with Gasteiger partial charge < -0.3 is 9.84 Å². The second-order valence-corrected chi connectivity index (χ2v) is 2.93. The van der Waals surface area contributed by atoms with Crippen LogP contribution in [0.5, 0.6) is 0 Å². The van der Waals surface area contributed by atoms with Crippen molar-refractivity contribution in [2.45, 2.75) is 13.8 Å². The third kappa shape index (κ3) is 2.34. The first-order valence-corrected chi connectivity index (χ1v) is 4.57. The van der Waals surface area contributed by atoms with Crippen LogP contribution in [-0.2, 0) is 0 Å². The van der Waals surface area contributed by atoms with E-state index in [1.165, 1.54) is 13.1 Å². The van der Waals surface area contributed by atoms with E-state index in [1.54, 1.807) is 13.8 Å². The van der Waals surface area contributed by atoms with Crippen molar-refractivity contribution in [3.63, 3.8) is 0 Å². The molecule has 1 N–H and O–H groups in total. The zero-order chi connectivity index (χ0) is 11.4. The maximum atomic E-state index is 11.7. The lowest BCUT2D eigenvalue weighted by molar-refractivity contribution is 0.0799. The van der Waals surface area contributed by atoms with E-state index >= 15 is 0 Å². The summed E-state index contributed by atoms with van der Waals surface area (Å²) in [6.45, 7) is 3.67. The third-order valence-electron chi connectivity index (χ3n) is 1.87. The average Bonchev–Trinajstić information content (AvgIpc) is 2.65. The lowest BCUT2D eigenvalue weighted by atomic mass is 10.3. The van der Waals surface area contributed by atoms with Gasteiger partial charge in [0.2, 0.25) is 0 Å². The van der Waals surface area contributed by atoms with Crippen LogP contribution in [0.25, 0.3) is 0 Å². The maximum absolute atomic E-state index is 11.7. The van der Waals surface area contributed by atoms with Crippen molar-refractivity contribution >= 4 is 11.9 Å². The second-order valence-electron chi connectivity index (χ2n) is 2.93. The number of rotatable bonds is 2. The number of nitrogens with one attached hydrogen (secondary N) is 1. The zero-order valence-electron chi connectivity index (χ0n) is 8.90. The van der Waals surface area contributed by atoms with E-state index < -0.39 is 11.9 Å². The number of hydrogen-bond acceptors (Lipinski definition) is 4. The summed E-state index contributed by atoms with van der Waals surface area (Å²) in [5.74, 6) is 0.0695. The Morgan fingerprint density at radius 3 is 2.67 bits per heavy atom. The highest BCUT2D eigenvalue weighted by Gasteiger charge is 2.22. The van der Waals surface area contributed by atoms with Crippen LogP contribution < -0.4 is 5.32 Å². The summed E-state index contributed by atoms with van der Waals surface area (Å²) >= 11 is 0. The molecule has 15 heavy (non-hydrogen) atoms. The van der Waals surface area contributed by atoms with Crippen LogP contribution in [0.15, 0.2) is 10.6 Å². The SMILES string of the molecule is CCN(C(=O)NC)C(=O)c1cc(C)on1. The number of aryl methyl sites for hydroxylation is 1. The van der Waals surface area contributed by atoms with Gasteiger partial charge in [-0.15, -0.1) is 0 Å². The summed E-state index contributed by atoms with van der Waals surface area (Å²) in [6.07, 6.45) is 0. The van der Waals surface area contributed by atoms with Crippen molar-refractivity contribution in [3.05, 3.63) is 17.5 Å². The molecule has 0 fully saturated rings. The molecular weight excluding hydrogens is 198 g/mol. The van der Waals surface area contributed by atoms with Crippen molar-refractivity contribution in [2.75, 3.05) is 13.6 Å². The number of nitrogens with zero attached hydrogens (tertiary/aromatic N) is 2. The molecule has 1 aromatic rings. The predicted octanol–water partition coefficient (Wildman–Crippen LogP) is 0.785. The number of hydrogen-bond donors (Lipinski definition) is 1. The first-order chi connectivity index (χ1) is 7.10. The maximum Gasteiger partial charge on any atom is 0.324 e. The van der Waals surface area contributed by atoms with Crippen molar-refractivity contribution in [2.24, 2.45) is 0 Å². The summed E-state index contributed by atoms with van der Waals surface area (Å²) in [5.41, 5.74) is 0.137. The molecule has 0 saturated heterocycles. The van der Waals surface area contributed by atoms with E-state index in [0.717, 1.165) is 4.90 Å². The van der Waals surface area contributed by atoms with Crippen LogP contribution in [0.3, 0.4) is 0 Å². The number of urea groups is 1. The molecule has 0 spiro atoms. The van der Waals surface area contributed by atoms with Crippen LogP contribution in [0.2, 0.25) is 0 Å². The molecule has 0 bridgehead atoms. The Bertz CT molecular complexity index is 372. The van der Waals surface area contributed by atoms with Crippen LogP contribution in [0.4, 0.5) is 4.79 Å². The van der Waals surface area contributed by atoms with E-state index in [4.69, 9.17) is 4.52 Å². The number of carbonyl (C=O) groups excluding carboxylic acids is 2. The van der Waals surface area contributed by atoms with Gasteiger partial charge in [-0.05, 0) is 13.8 Å². The highest BCUT2D eigenvalue weighted by Crippen LogP contribution is 2.05. The van der Waals surface area contributed by atoms with Gasteiger partial charge in [0.1, 0.15) is 5.76 Å². The molecule has 1 heterocycles. The van der Waals surface area contributed by atoms with Crippen molar-refractivity contribution in [3.8, 4) is 0 Å². The lowest BCUT2D eigenvalue weighted by Gasteiger charge is -2.16. The molecule has 0 unspecified atom stereocenters. The first-order valence-electron chi connectivity index (χ1n) is 4.57. The minimum atomic E-state index is -0.464. The molecule has 6 heteroatoms. The molecule has 0 radical (unpaired) electrons. The molecule has 0 aliphatic rings.